The zero-order chi connectivity index (χ0) is 24.8. The summed E-state index contributed by atoms with van der Waals surface area (Å²) in [5.41, 5.74) is 1.36. The van der Waals surface area contributed by atoms with Gasteiger partial charge in [0.15, 0.2) is 5.11 Å². The standard InChI is InChI=1S/C24H16ClF3N2O3S/c1-12-3-5-15(9-13(12)2)30-22(32)17(21(31)29-23(30)34)11-16-6-8-20(33-16)14-4-7-19(25)18(10-14)24(26,27)28/h3-11H,1-2H3,(H,29,31,34)/b17-11+. The number of alkyl halides is 3. The van der Waals surface area contributed by atoms with Crippen LogP contribution in [-0.4, -0.2) is 16.9 Å². The maximum absolute atomic E-state index is 13.2. The molecule has 0 bridgehead atoms. The second-order valence-electron chi connectivity index (χ2n) is 7.62. The minimum Gasteiger partial charge on any atom is -0.457 e. The Balaban J connectivity index is 1.68. The van der Waals surface area contributed by atoms with Crippen LogP contribution in [0.25, 0.3) is 17.4 Å². The molecule has 1 aliphatic rings. The number of furan rings is 1. The van der Waals surface area contributed by atoms with Gasteiger partial charge in [-0.3, -0.25) is 19.8 Å². The first kappa shape index (κ1) is 23.7. The van der Waals surface area contributed by atoms with E-state index in [1.54, 1.807) is 12.1 Å². The first-order valence-electron chi connectivity index (χ1n) is 9.91. The molecule has 0 unspecified atom stereocenters. The molecule has 0 aliphatic carbocycles. The molecule has 0 saturated carbocycles. The number of halogens is 4. The van der Waals surface area contributed by atoms with Crippen molar-refractivity contribution in [2.24, 2.45) is 0 Å². The molecule has 1 aromatic heterocycles. The molecule has 4 rings (SSSR count). The van der Waals surface area contributed by atoms with Gasteiger partial charge in [-0.2, -0.15) is 13.2 Å². The summed E-state index contributed by atoms with van der Waals surface area (Å²) in [5, 5.41) is 1.99. The van der Waals surface area contributed by atoms with Crippen LogP contribution in [0.3, 0.4) is 0 Å². The molecule has 2 amide bonds. The van der Waals surface area contributed by atoms with E-state index in [0.717, 1.165) is 23.3 Å². The van der Waals surface area contributed by atoms with E-state index in [1.165, 1.54) is 29.2 Å². The lowest BCUT2D eigenvalue weighted by atomic mass is 10.1. The molecule has 1 N–H and O–H groups in total. The Bertz CT molecular complexity index is 1380. The van der Waals surface area contributed by atoms with E-state index < -0.39 is 28.6 Å². The largest absolute Gasteiger partial charge is 0.457 e. The Hall–Kier alpha value is -3.43. The number of nitrogens with zero attached hydrogens (tertiary/aromatic N) is 1. The van der Waals surface area contributed by atoms with Crippen molar-refractivity contribution in [3.63, 3.8) is 0 Å². The molecule has 1 fully saturated rings. The van der Waals surface area contributed by atoms with Gasteiger partial charge in [-0.1, -0.05) is 17.7 Å². The average Bonchev–Trinajstić information content (AvgIpc) is 3.22. The normalized spacial score (nSPS) is 15.8. The van der Waals surface area contributed by atoms with Crippen LogP contribution in [0.2, 0.25) is 5.02 Å². The summed E-state index contributed by atoms with van der Waals surface area (Å²) in [6.07, 6.45) is -3.41. The average molecular weight is 505 g/mol. The highest BCUT2D eigenvalue weighted by Crippen LogP contribution is 2.37. The van der Waals surface area contributed by atoms with Crippen LogP contribution in [0.15, 0.2) is 58.5 Å². The van der Waals surface area contributed by atoms with Crippen molar-refractivity contribution >= 4 is 52.5 Å². The van der Waals surface area contributed by atoms with Crippen molar-refractivity contribution in [3.8, 4) is 11.3 Å². The lowest BCUT2D eigenvalue weighted by molar-refractivity contribution is -0.137. The maximum atomic E-state index is 13.2. The number of carbonyl (C=O) groups excluding carboxylic acids is 2. The van der Waals surface area contributed by atoms with Crippen molar-refractivity contribution in [1.82, 2.24) is 5.32 Å². The van der Waals surface area contributed by atoms with Gasteiger partial charge in [-0.05, 0) is 85.7 Å². The van der Waals surface area contributed by atoms with Crippen molar-refractivity contribution in [2.75, 3.05) is 4.90 Å². The minimum atomic E-state index is -4.63. The van der Waals surface area contributed by atoms with E-state index >= 15 is 0 Å². The highest BCUT2D eigenvalue weighted by Gasteiger charge is 2.35. The van der Waals surface area contributed by atoms with Crippen molar-refractivity contribution in [3.05, 3.63) is 81.6 Å². The lowest BCUT2D eigenvalue weighted by Crippen LogP contribution is -2.54. The third kappa shape index (κ3) is 4.49. The predicted molar refractivity (Wildman–Crippen MR) is 126 cm³/mol. The Morgan fingerprint density at radius 2 is 1.76 bits per heavy atom. The number of nitrogens with one attached hydrogen (secondary N) is 1. The van der Waals surface area contributed by atoms with E-state index in [-0.39, 0.29) is 27.8 Å². The highest BCUT2D eigenvalue weighted by molar-refractivity contribution is 7.80. The highest BCUT2D eigenvalue weighted by atomic mass is 35.5. The zero-order valence-electron chi connectivity index (χ0n) is 17.8. The molecule has 1 aliphatic heterocycles. The Labute approximate surface area is 202 Å². The SMILES string of the molecule is Cc1ccc(N2C(=O)/C(=C/c3ccc(-c4ccc(Cl)c(C(F)(F)F)c4)o3)C(=O)NC2=S)cc1C. The lowest BCUT2D eigenvalue weighted by Gasteiger charge is -2.29. The zero-order valence-corrected chi connectivity index (χ0v) is 19.4. The van der Waals surface area contributed by atoms with Gasteiger partial charge in [-0.15, -0.1) is 0 Å². The van der Waals surface area contributed by atoms with Gasteiger partial charge in [0.2, 0.25) is 0 Å². The molecular formula is C24H16ClF3N2O3S. The van der Waals surface area contributed by atoms with Crippen LogP contribution in [0.4, 0.5) is 18.9 Å². The van der Waals surface area contributed by atoms with Gasteiger partial charge in [0.1, 0.15) is 17.1 Å². The number of amides is 2. The minimum absolute atomic E-state index is 0.0589. The molecule has 0 radical (unpaired) electrons. The van der Waals surface area contributed by atoms with E-state index in [4.69, 9.17) is 28.2 Å². The summed E-state index contributed by atoms with van der Waals surface area (Å²) in [5.74, 6) is -1.15. The number of hydrogen-bond acceptors (Lipinski definition) is 4. The Morgan fingerprint density at radius 3 is 2.44 bits per heavy atom. The third-order valence-corrected chi connectivity index (χ3v) is 5.93. The molecule has 3 aromatic rings. The topological polar surface area (TPSA) is 62.6 Å². The molecular weight excluding hydrogens is 489 g/mol. The smallest absolute Gasteiger partial charge is 0.417 e. The van der Waals surface area contributed by atoms with E-state index in [1.807, 2.05) is 19.9 Å². The molecule has 2 aromatic carbocycles. The number of thiocarbonyl (C=S) groups is 1. The molecule has 1 saturated heterocycles. The Kier molecular flexibility index (Phi) is 6.09. The van der Waals surface area contributed by atoms with Gasteiger partial charge in [0.05, 0.1) is 16.3 Å². The number of benzene rings is 2. The number of hydrogen-bond donors (Lipinski definition) is 1. The summed E-state index contributed by atoms with van der Waals surface area (Å²) in [6.45, 7) is 3.81. The molecule has 10 heteroatoms. The maximum Gasteiger partial charge on any atom is 0.417 e. The number of anilines is 1. The molecule has 0 atom stereocenters. The molecule has 2 heterocycles. The summed E-state index contributed by atoms with van der Waals surface area (Å²) in [6, 6.07) is 11.6. The molecule has 174 valence electrons. The van der Waals surface area contributed by atoms with Gasteiger partial charge < -0.3 is 4.42 Å². The fourth-order valence-corrected chi connectivity index (χ4v) is 3.89. The number of aryl methyl sites for hydroxylation is 2. The van der Waals surface area contributed by atoms with Crippen molar-refractivity contribution in [2.45, 2.75) is 20.0 Å². The summed E-state index contributed by atoms with van der Waals surface area (Å²) in [7, 11) is 0. The first-order valence-corrected chi connectivity index (χ1v) is 10.7. The van der Waals surface area contributed by atoms with Gasteiger partial charge in [0, 0.05) is 5.56 Å². The number of carbonyl (C=O) groups is 2. The quantitative estimate of drug-likeness (QED) is 0.267. The van der Waals surface area contributed by atoms with Crippen molar-refractivity contribution < 1.29 is 27.2 Å². The van der Waals surface area contributed by atoms with E-state index in [9.17, 15) is 22.8 Å². The van der Waals surface area contributed by atoms with E-state index in [0.29, 0.717) is 5.69 Å². The molecule has 0 spiro atoms. The van der Waals surface area contributed by atoms with Crippen LogP contribution in [0, 0.1) is 13.8 Å². The van der Waals surface area contributed by atoms with Gasteiger partial charge >= 0.3 is 6.18 Å². The Morgan fingerprint density at radius 1 is 1.03 bits per heavy atom. The fraction of sp³-hybridized carbons (Fsp3) is 0.125. The predicted octanol–water partition coefficient (Wildman–Crippen LogP) is 6.07. The molecule has 34 heavy (non-hydrogen) atoms. The number of rotatable bonds is 3. The van der Waals surface area contributed by atoms with Gasteiger partial charge in [-0.25, -0.2) is 0 Å². The van der Waals surface area contributed by atoms with Crippen LogP contribution >= 0.6 is 23.8 Å². The summed E-state index contributed by atoms with van der Waals surface area (Å²) in [4.78, 5) is 26.8. The first-order chi connectivity index (χ1) is 16.0. The van der Waals surface area contributed by atoms with E-state index in [2.05, 4.69) is 5.32 Å². The summed E-state index contributed by atoms with van der Waals surface area (Å²) >= 11 is 10.9. The second kappa shape index (κ2) is 8.73. The second-order valence-corrected chi connectivity index (χ2v) is 8.41. The van der Waals surface area contributed by atoms with Crippen LogP contribution < -0.4 is 10.2 Å². The van der Waals surface area contributed by atoms with Crippen LogP contribution in [0.1, 0.15) is 22.5 Å². The monoisotopic (exact) mass is 504 g/mol. The molecule has 5 nitrogen and oxygen atoms in total. The van der Waals surface area contributed by atoms with Crippen LogP contribution in [-0.2, 0) is 15.8 Å². The fourth-order valence-electron chi connectivity index (χ4n) is 3.38. The third-order valence-electron chi connectivity index (χ3n) is 5.32. The van der Waals surface area contributed by atoms with Gasteiger partial charge in [0.25, 0.3) is 11.8 Å². The van der Waals surface area contributed by atoms with Crippen molar-refractivity contribution in [1.29, 1.82) is 0 Å². The van der Waals surface area contributed by atoms with Crippen LogP contribution in [0.5, 0.6) is 0 Å². The summed E-state index contributed by atoms with van der Waals surface area (Å²) < 4.78 is 45.1.